The molecule has 0 saturated carbocycles. The van der Waals surface area contributed by atoms with E-state index in [4.69, 9.17) is 17.0 Å². The first-order chi connectivity index (χ1) is 15.5. The minimum Gasteiger partial charge on any atom is -0.378 e. The summed E-state index contributed by atoms with van der Waals surface area (Å²) in [6.45, 7) is 4.93. The molecule has 0 spiro atoms. The van der Waals surface area contributed by atoms with Crippen LogP contribution in [0.5, 0.6) is 0 Å². The Morgan fingerprint density at radius 3 is 2.88 bits per heavy atom. The maximum atomic E-state index is 12.2. The van der Waals surface area contributed by atoms with Gasteiger partial charge >= 0.3 is 0 Å². The van der Waals surface area contributed by atoms with Crippen molar-refractivity contribution in [2.45, 2.75) is 26.3 Å². The van der Waals surface area contributed by atoms with Crippen LogP contribution in [0.15, 0.2) is 24.3 Å². The molecule has 1 aliphatic rings. The minimum atomic E-state index is -0.499. The van der Waals surface area contributed by atoms with E-state index in [2.05, 4.69) is 33.0 Å². The van der Waals surface area contributed by atoms with Gasteiger partial charge in [0.05, 0.1) is 24.7 Å². The summed E-state index contributed by atoms with van der Waals surface area (Å²) in [6.07, 6.45) is 4.65. The number of morpholine rings is 1. The Kier molecular flexibility index (Phi) is 8.16. The smallest absolute Gasteiger partial charge is 0.293 e. The van der Waals surface area contributed by atoms with E-state index in [1.807, 2.05) is 4.90 Å². The van der Waals surface area contributed by atoms with Crippen LogP contribution >= 0.6 is 12.2 Å². The fourth-order valence-electron chi connectivity index (χ4n) is 3.01. The highest BCUT2D eigenvalue weighted by Crippen LogP contribution is 2.30. The van der Waals surface area contributed by atoms with Crippen LogP contribution in [0.4, 0.5) is 17.3 Å². The fourth-order valence-corrected chi connectivity index (χ4v) is 3.20. The third-order valence-electron chi connectivity index (χ3n) is 4.60. The number of thiocarbonyl (C=S) groups is 1. The van der Waals surface area contributed by atoms with Gasteiger partial charge in [-0.25, -0.2) is 0 Å². The zero-order valence-corrected chi connectivity index (χ0v) is 18.4. The standard InChI is InChI=1S/C19H24N8O4S/c1-2-3-8-26-23-18(22-24-26)21-19(32)20-17(28)7-5-14-4-6-15(16(13-14)27(29)30)25-9-11-31-12-10-25/h4-7,13H,2-3,8-12H2,1H3,(H2,20,21,23,28,32)/b7-5+. The molecule has 32 heavy (non-hydrogen) atoms. The van der Waals surface area contributed by atoms with E-state index >= 15 is 0 Å². The molecule has 1 fully saturated rings. The van der Waals surface area contributed by atoms with E-state index in [9.17, 15) is 14.9 Å². The molecule has 0 atom stereocenters. The van der Waals surface area contributed by atoms with Crippen molar-refractivity contribution in [3.63, 3.8) is 0 Å². The molecular formula is C19H24N8O4S. The van der Waals surface area contributed by atoms with Gasteiger partial charge in [-0.05, 0) is 41.6 Å². The Labute approximate surface area is 189 Å². The number of hydrogen-bond donors (Lipinski definition) is 2. The van der Waals surface area contributed by atoms with Crippen molar-refractivity contribution in [3.8, 4) is 0 Å². The van der Waals surface area contributed by atoms with Crippen molar-refractivity contribution in [1.29, 1.82) is 0 Å². The predicted molar refractivity (Wildman–Crippen MR) is 122 cm³/mol. The van der Waals surface area contributed by atoms with Gasteiger partial charge in [0.15, 0.2) is 5.11 Å². The molecule has 1 aliphatic heterocycles. The predicted octanol–water partition coefficient (Wildman–Crippen LogP) is 1.74. The van der Waals surface area contributed by atoms with E-state index in [0.29, 0.717) is 44.1 Å². The summed E-state index contributed by atoms with van der Waals surface area (Å²) in [5, 5.41) is 28.5. The number of benzene rings is 1. The molecule has 2 aromatic rings. The number of hydrogen-bond acceptors (Lipinski definition) is 9. The summed E-state index contributed by atoms with van der Waals surface area (Å²) in [5.74, 6) is -0.314. The van der Waals surface area contributed by atoms with Crippen LogP contribution in [0.1, 0.15) is 25.3 Å². The first-order valence-electron chi connectivity index (χ1n) is 10.1. The average Bonchev–Trinajstić information content (AvgIpc) is 3.23. The number of aryl methyl sites for hydroxylation is 1. The van der Waals surface area contributed by atoms with Gasteiger partial charge in [0, 0.05) is 25.2 Å². The van der Waals surface area contributed by atoms with Gasteiger partial charge in [0.25, 0.3) is 11.6 Å². The number of amides is 1. The Morgan fingerprint density at radius 2 is 2.16 bits per heavy atom. The topological polar surface area (TPSA) is 140 Å². The number of nitrogens with zero attached hydrogens (tertiary/aromatic N) is 6. The number of carbonyl (C=O) groups is 1. The van der Waals surface area contributed by atoms with Crippen molar-refractivity contribution in [1.82, 2.24) is 25.5 Å². The lowest BCUT2D eigenvalue weighted by Gasteiger charge is -2.28. The van der Waals surface area contributed by atoms with Gasteiger partial charge < -0.3 is 9.64 Å². The minimum absolute atomic E-state index is 0.0170. The summed E-state index contributed by atoms with van der Waals surface area (Å²) in [4.78, 5) is 26.6. The second kappa shape index (κ2) is 11.2. The van der Waals surface area contributed by atoms with Crippen molar-refractivity contribution in [3.05, 3.63) is 40.0 Å². The van der Waals surface area contributed by atoms with Crippen LogP contribution in [0.3, 0.4) is 0 Å². The summed E-state index contributed by atoms with van der Waals surface area (Å²) < 4.78 is 5.30. The molecule has 2 heterocycles. The van der Waals surface area contributed by atoms with Crippen LogP contribution in [0.25, 0.3) is 6.08 Å². The molecule has 2 N–H and O–H groups in total. The molecule has 0 unspecified atom stereocenters. The number of nitro benzene ring substituents is 1. The molecule has 0 radical (unpaired) electrons. The van der Waals surface area contributed by atoms with E-state index in [-0.39, 0.29) is 16.7 Å². The third-order valence-corrected chi connectivity index (χ3v) is 4.81. The fraction of sp³-hybridized carbons (Fsp3) is 0.421. The molecule has 3 rings (SSSR count). The SMILES string of the molecule is CCCCn1nnc(NC(=S)NC(=O)/C=C/c2ccc(N3CCOCC3)c([N+](=O)[O-])c2)n1. The Morgan fingerprint density at radius 1 is 1.38 bits per heavy atom. The van der Waals surface area contributed by atoms with Crippen LogP contribution in [0.2, 0.25) is 0 Å². The summed E-state index contributed by atoms with van der Waals surface area (Å²) in [5.41, 5.74) is 1.02. The number of unbranched alkanes of at least 4 members (excludes halogenated alkanes) is 1. The second-order valence-electron chi connectivity index (χ2n) is 6.94. The molecule has 0 bridgehead atoms. The first-order valence-corrected chi connectivity index (χ1v) is 10.6. The van der Waals surface area contributed by atoms with E-state index < -0.39 is 10.8 Å². The van der Waals surface area contributed by atoms with E-state index in [1.54, 1.807) is 12.1 Å². The zero-order chi connectivity index (χ0) is 22.9. The number of carbonyl (C=O) groups excluding carboxylic acids is 1. The molecule has 13 heteroatoms. The third kappa shape index (κ3) is 6.52. The lowest BCUT2D eigenvalue weighted by atomic mass is 10.1. The van der Waals surface area contributed by atoms with E-state index in [1.165, 1.54) is 23.0 Å². The quantitative estimate of drug-likeness (QED) is 0.259. The monoisotopic (exact) mass is 460 g/mol. The van der Waals surface area contributed by atoms with Crippen molar-refractivity contribution in [2.75, 3.05) is 36.5 Å². The van der Waals surface area contributed by atoms with Gasteiger partial charge in [-0.1, -0.05) is 24.5 Å². The Bertz CT molecular complexity index is 1000. The highest BCUT2D eigenvalue weighted by Gasteiger charge is 2.21. The summed E-state index contributed by atoms with van der Waals surface area (Å²) in [7, 11) is 0. The van der Waals surface area contributed by atoms with Crippen molar-refractivity contribution >= 4 is 46.6 Å². The lowest BCUT2D eigenvalue weighted by Crippen LogP contribution is -2.36. The van der Waals surface area contributed by atoms with Crippen LogP contribution < -0.4 is 15.5 Å². The molecular weight excluding hydrogens is 436 g/mol. The second-order valence-corrected chi connectivity index (χ2v) is 7.35. The number of anilines is 2. The highest BCUT2D eigenvalue weighted by molar-refractivity contribution is 7.80. The zero-order valence-electron chi connectivity index (χ0n) is 17.6. The number of tetrazole rings is 1. The van der Waals surface area contributed by atoms with Gasteiger partial charge in [0.1, 0.15) is 5.69 Å². The summed E-state index contributed by atoms with van der Waals surface area (Å²) in [6, 6.07) is 4.83. The summed E-state index contributed by atoms with van der Waals surface area (Å²) >= 11 is 5.09. The van der Waals surface area contributed by atoms with Crippen LogP contribution in [-0.2, 0) is 16.1 Å². The largest absolute Gasteiger partial charge is 0.378 e. The van der Waals surface area contributed by atoms with Gasteiger partial charge in [-0.15, -0.1) is 5.10 Å². The lowest BCUT2D eigenvalue weighted by molar-refractivity contribution is -0.384. The van der Waals surface area contributed by atoms with Gasteiger partial charge in [-0.3, -0.25) is 25.5 Å². The number of nitro groups is 1. The van der Waals surface area contributed by atoms with Crippen molar-refractivity contribution in [2.24, 2.45) is 0 Å². The molecule has 1 saturated heterocycles. The van der Waals surface area contributed by atoms with Crippen LogP contribution in [0, 0.1) is 10.1 Å². The van der Waals surface area contributed by atoms with Crippen molar-refractivity contribution < 1.29 is 14.5 Å². The molecule has 170 valence electrons. The molecule has 12 nitrogen and oxygen atoms in total. The highest BCUT2D eigenvalue weighted by atomic mass is 32.1. The maximum Gasteiger partial charge on any atom is 0.293 e. The molecule has 1 aromatic carbocycles. The van der Waals surface area contributed by atoms with Crippen LogP contribution in [-0.4, -0.2) is 62.5 Å². The molecule has 0 aliphatic carbocycles. The Hall–Kier alpha value is -3.45. The number of nitrogens with one attached hydrogen (secondary N) is 2. The maximum absolute atomic E-state index is 12.2. The Balaban J connectivity index is 1.58. The normalized spacial score (nSPS) is 13.8. The molecule has 1 aromatic heterocycles. The molecule has 1 amide bonds. The van der Waals surface area contributed by atoms with Gasteiger partial charge in [0.2, 0.25) is 5.91 Å². The first kappa shape index (κ1) is 23.2. The van der Waals surface area contributed by atoms with E-state index in [0.717, 1.165) is 12.8 Å². The van der Waals surface area contributed by atoms with Gasteiger partial charge in [-0.2, -0.15) is 4.80 Å². The number of ether oxygens (including phenoxy) is 1. The number of rotatable bonds is 8. The average molecular weight is 461 g/mol. The number of aromatic nitrogens is 4.